The van der Waals surface area contributed by atoms with Crippen LogP contribution in [-0.4, -0.2) is 8.07 Å². The van der Waals surface area contributed by atoms with Crippen LogP contribution in [0, 0.1) is 0 Å². The summed E-state index contributed by atoms with van der Waals surface area (Å²) in [6.07, 6.45) is 5.85. The van der Waals surface area contributed by atoms with E-state index in [1.807, 2.05) is 0 Å². The minimum absolute atomic E-state index is 0.811. The summed E-state index contributed by atoms with van der Waals surface area (Å²) in [4.78, 5) is 0. The summed E-state index contributed by atoms with van der Waals surface area (Å²) >= 11 is 0. The molecule has 0 heterocycles. The standard InChI is InChI=1S/C9H20Si/c1-5-7-9-10(3,4)8-6-2/h5,7H,6,8-9H2,1-4H3/b7-5+. The first kappa shape index (κ1) is 9.96. The zero-order valence-electron chi connectivity index (χ0n) is 7.78. The monoisotopic (exact) mass is 156 g/mol. The lowest BCUT2D eigenvalue weighted by Crippen LogP contribution is -2.22. The zero-order chi connectivity index (χ0) is 8.04. The minimum Gasteiger partial charge on any atom is -0.0919 e. The highest BCUT2D eigenvalue weighted by Crippen LogP contribution is 2.17. The van der Waals surface area contributed by atoms with Crippen molar-refractivity contribution in [3.63, 3.8) is 0 Å². The van der Waals surface area contributed by atoms with Gasteiger partial charge in [0.15, 0.2) is 0 Å². The molecule has 0 rings (SSSR count). The summed E-state index contributed by atoms with van der Waals surface area (Å²) in [5.41, 5.74) is 0. The fourth-order valence-electron chi connectivity index (χ4n) is 1.22. The molecule has 10 heavy (non-hydrogen) atoms. The molecule has 0 aromatic heterocycles. The third-order valence-corrected chi connectivity index (χ3v) is 5.03. The summed E-state index contributed by atoms with van der Waals surface area (Å²) in [6.45, 7) is 9.33. The average molecular weight is 156 g/mol. The van der Waals surface area contributed by atoms with Crippen molar-refractivity contribution in [2.24, 2.45) is 0 Å². The van der Waals surface area contributed by atoms with Gasteiger partial charge in [-0.1, -0.05) is 44.6 Å². The van der Waals surface area contributed by atoms with Gasteiger partial charge in [-0.25, -0.2) is 0 Å². The first-order valence-electron chi connectivity index (χ1n) is 4.23. The maximum Gasteiger partial charge on any atom is 0.0511 e. The van der Waals surface area contributed by atoms with E-state index in [1.54, 1.807) is 0 Å². The van der Waals surface area contributed by atoms with Gasteiger partial charge in [0.1, 0.15) is 0 Å². The van der Waals surface area contributed by atoms with Gasteiger partial charge < -0.3 is 0 Å². The molecule has 0 spiro atoms. The molecule has 0 aliphatic rings. The van der Waals surface area contributed by atoms with Crippen LogP contribution < -0.4 is 0 Å². The molecule has 0 N–H and O–H groups in total. The van der Waals surface area contributed by atoms with Gasteiger partial charge in [0.25, 0.3) is 0 Å². The van der Waals surface area contributed by atoms with E-state index in [4.69, 9.17) is 0 Å². The Morgan fingerprint density at radius 2 is 1.90 bits per heavy atom. The molecule has 0 aromatic rings. The van der Waals surface area contributed by atoms with Crippen molar-refractivity contribution in [1.82, 2.24) is 0 Å². The molecule has 0 aromatic carbocycles. The largest absolute Gasteiger partial charge is 0.0919 e. The Kier molecular flexibility index (Phi) is 4.70. The summed E-state index contributed by atoms with van der Waals surface area (Å²) in [5.74, 6) is 0. The minimum atomic E-state index is -0.811. The molecule has 0 amide bonds. The highest BCUT2D eigenvalue weighted by molar-refractivity contribution is 6.77. The lowest BCUT2D eigenvalue weighted by molar-refractivity contribution is 1.04. The second-order valence-electron chi connectivity index (χ2n) is 3.69. The van der Waals surface area contributed by atoms with Crippen LogP contribution in [0.2, 0.25) is 25.2 Å². The van der Waals surface area contributed by atoms with E-state index in [2.05, 4.69) is 39.1 Å². The second kappa shape index (κ2) is 4.72. The van der Waals surface area contributed by atoms with Crippen LogP contribution in [0.25, 0.3) is 0 Å². The molecule has 1 heteroatoms. The summed E-state index contributed by atoms with van der Waals surface area (Å²) in [7, 11) is -0.811. The topological polar surface area (TPSA) is 0 Å². The molecule has 0 nitrogen and oxygen atoms in total. The average Bonchev–Trinajstić information content (AvgIpc) is 1.84. The highest BCUT2D eigenvalue weighted by Gasteiger charge is 2.16. The lowest BCUT2D eigenvalue weighted by atomic mass is 10.6. The highest BCUT2D eigenvalue weighted by atomic mass is 28.3. The molecular formula is C9H20Si. The van der Waals surface area contributed by atoms with Crippen molar-refractivity contribution in [1.29, 1.82) is 0 Å². The van der Waals surface area contributed by atoms with E-state index in [0.717, 1.165) is 0 Å². The number of hydrogen-bond donors (Lipinski definition) is 0. The summed E-state index contributed by atoms with van der Waals surface area (Å²) < 4.78 is 0. The molecule has 60 valence electrons. The van der Waals surface area contributed by atoms with E-state index in [9.17, 15) is 0 Å². The number of hydrogen-bond acceptors (Lipinski definition) is 0. The molecule has 0 atom stereocenters. The van der Waals surface area contributed by atoms with Crippen LogP contribution >= 0.6 is 0 Å². The molecule has 0 fully saturated rings. The van der Waals surface area contributed by atoms with Crippen molar-refractivity contribution in [3.05, 3.63) is 12.2 Å². The van der Waals surface area contributed by atoms with Gasteiger partial charge in [-0.15, -0.1) is 0 Å². The van der Waals surface area contributed by atoms with Crippen molar-refractivity contribution in [3.8, 4) is 0 Å². The Labute approximate surface area is 66.4 Å². The molecule has 0 aliphatic heterocycles. The molecule has 0 bridgehead atoms. The van der Waals surface area contributed by atoms with Crippen LogP contribution in [0.1, 0.15) is 20.3 Å². The lowest BCUT2D eigenvalue weighted by Gasteiger charge is -2.18. The van der Waals surface area contributed by atoms with Crippen LogP contribution in [0.5, 0.6) is 0 Å². The normalized spacial score (nSPS) is 12.8. The Balaban J connectivity index is 3.62. The third kappa shape index (κ3) is 4.80. The van der Waals surface area contributed by atoms with Crippen LogP contribution in [0.4, 0.5) is 0 Å². The Morgan fingerprint density at radius 1 is 1.30 bits per heavy atom. The maximum atomic E-state index is 2.47. The number of rotatable bonds is 4. The predicted octanol–water partition coefficient (Wildman–Crippen LogP) is 3.68. The van der Waals surface area contributed by atoms with E-state index in [-0.39, 0.29) is 0 Å². The van der Waals surface area contributed by atoms with Crippen LogP contribution in [0.3, 0.4) is 0 Å². The Morgan fingerprint density at radius 3 is 2.30 bits per heavy atom. The van der Waals surface area contributed by atoms with Crippen molar-refractivity contribution in [2.45, 2.75) is 45.5 Å². The van der Waals surface area contributed by atoms with Gasteiger partial charge in [-0.2, -0.15) is 0 Å². The van der Waals surface area contributed by atoms with Crippen molar-refractivity contribution >= 4 is 8.07 Å². The maximum absolute atomic E-state index is 2.47. The Bertz CT molecular complexity index is 103. The smallest absolute Gasteiger partial charge is 0.0511 e. The molecule has 0 aliphatic carbocycles. The van der Waals surface area contributed by atoms with E-state index >= 15 is 0 Å². The molecular weight excluding hydrogens is 136 g/mol. The van der Waals surface area contributed by atoms with Gasteiger partial charge in [-0.3, -0.25) is 0 Å². The van der Waals surface area contributed by atoms with Gasteiger partial charge in [-0.05, 0) is 13.0 Å². The molecule has 0 saturated heterocycles. The first-order chi connectivity index (χ1) is 4.62. The van der Waals surface area contributed by atoms with E-state index in [0.29, 0.717) is 0 Å². The first-order valence-corrected chi connectivity index (χ1v) is 7.65. The predicted molar refractivity (Wildman–Crippen MR) is 52.2 cm³/mol. The third-order valence-electron chi connectivity index (χ3n) is 1.83. The van der Waals surface area contributed by atoms with Crippen molar-refractivity contribution in [2.75, 3.05) is 0 Å². The quantitative estimate of drug-likeness (QED) is 0.430. The second-order valence-corrected chi connectivity index (χ2v) is 8.92. The summed E-state index contributed by atoms with van der Waals surface area (Å²) in [5, 5.41) is 0. The van der Waals surface area contributed by atoms with Crippen LogP contribution in [0.15, 0.2) is 12.2 Å². The van der Waals surface area contributed by atoms with Gasteiger partial charge in [0, 0.05) is 0 Å². The SMILES string of the molecule is C/C=C/C[Si](C)(C)CCC. The Hall–Kier alpha value is -0.0431. The van der Waals surface area contributed by atoms with Gasteiger partial charge >= 0.3 is 0 Å². The molecule has 0 radical (unpaired) electrons. The van der Waals surface area contributed by atoms with Gasteiger partial charge in [0.2, 0.25) is 0 Å². The van der Waals surface area contributed by atoms with E-state index in [1.165, 1.54) is 18.5 Å². The fraction of sp³-hybridized carbons (Fsp3) is 0.778. The fourth-order valence-corrected chi connectivity index (χ4v) is 3.65. The van der Waals surface area contributed by atoms with Crippen LogP contribution in [-0.2, 0) is 0 Å². The van der Waals surface area contributed by atoms with Crippen molar-refractivity contribution < 1.29 is 0 Å². The number of allylic oxidation sites excluding steroid dienone is 2. The summed E-state index contributed by atoms with van der Waals surface area (Å²) in [6, 6.07) is 2.83. The van der Waals surface area contributed by atoms with E-state index < -0.39 is 8.07 Å². The molecule has 0 unspecified atom stereocenters. The molecule has 0 saturated carbocycles. The van der Waals surface area contributed by atoms with Gasteiger partial charge in [0.05, 0.1) is 8.07 Å². The zero-order valence-corrected chi connectivity index (χ0v) is 8.78.